The molecule has 3 nitrogen and oxygen atoms in total. The topological polar surface area (TPSA) is 49.3 Å². The minimum Gasteiger partial charge on any atom is -0.481 e. The standard InChI is InChI=1S/C12H23NO2/c1-9(2)10-5-3-4-6-11(10)13-8-7-12(14)15/h9-11,13H,3-8H2,1-2H3,(H,14,15). The molecule has 0 amide bonds. The molecule has 0 bridgehead atoms. The first-order valence-electron chi connectivity index (χ1n) is 6.06. The lowest BCUT2D eigenvalue weighted by Gasteiger charge is -2.35. The quantitative estimate of drug-likeness (QED) is 0.736. The largest absolute Gasteiger partial charge is 0.481 e. The second-order valence-electron chi connectivity index (χ2n) is 4.90. The molecule has 0 aromatic carbocycles. The number of aliphatic carboxylic acids is 1. The smallest absolute Gasteiger partial charge is 0.304 e. The molecule has 1 rings (SSSR count). The molecule has 0 aromatic rings. The van der Waals surface area contributed by atoms with Crippen LogP contribution in [0.1, 0.15) is 46.0 Å². The highest BCUT2D eigenvalue weighted by atomic mass is 16.4. The van der Waals surface area contributed by atoms with Crippen LogP contribution < -0.4 is 5.32 Å². The fraction of sp³-hybridized carbons (Fsp3) is 0.917. The Bertz CT molecular complexity index is 204. The lowest BCUT2D eigenvalue weighted by Crippen LogP contribution is -2.41. The highest BCUT2D eigenvalue weighted by molar-refractivity contribution is 5.66. The molecule has 1 fully saturated rings. The highest BCUT2D eigenvalue weighted by Crippen LogP contribution is 2.29. The Hall–Kier alpha value is -0.570. The maximum absolute atomic E-state index is 10.4. The molecular weight excluding hydrogens is 190 g/mol. The van der Waals surface area contributed by atoms with E-state index in [1.54, 1.807) is 0 Å². The van der Waals surface area contributed by atoms with Crippen LogP contribution >= 0.6 is 0 Å². The van der Waals surface area contributed by atoms with Crippen LogP contribution in [0, 0.1) is 11.8 Å². The Labute approximate surface area is 92.3 Å². The third-order valence-corrected chi connectivity index (χ3v) is 3.42. The van der Waals surface area contributed by atoms with Crippen molar-refractivity contribution in [1.82, 2.24) is 5.32 Å². The fourth-order valence-corrected chi connectivity index (χ4v) is 2.58. The second kappa shape index (κ2) is 6.11. The molecule has 0 spiro atoms. The van der Waals surface area contributed by atoms with Gasteiger partial charge in [0.1, 0.15) is 0 Å². The number of nitrogens with one attached hydrogen (secondary N) is 1. The first-order chi connectivity index (χ1) is 7.11. The molecule has 1 saturated carbocycles. The fourth-order valence-electron chi connectivity index (χ4n) is 2.58. The molecule has 2 unspecified atom stereocenters. The van der Waals surface area contributed by atoms with Crippen LogP contribution in [0.25, 0.3) is 0 Å². The Morgan fingerprint density at radius 2 is 2.07 bits per heavy atom. The van der Waals surface area contributed by atoms with E-state index >= 15 is 0 Å². The van der Waals surface area contributed by atoms with Crippen molar-refractivity contribution < 1.29 is 9.90 Å². The summed E-state index contributed by atoms with van der Waals surface area (Å²) in [5, 5.41) is 12.0. The van der Waals surface area contributed by atoms with Crippen LogP contribution in [0.3, 0.4) is 0 Å². The van der Waals surface area contributed by atoms with Crippen molar-refractivity contribution in [3.8, 4) is 0 Å². The predicted octanol–water partition coefficient (Wildman–Crippen LogP) is 2.27. The summed E-state index contributed by atoms with van der Waals surface area (Å²) in [6.45, 7) is 5.15. The van der Waals surface area contributed by atoms with E-state index in [0.29, 0.717) is 18.5 Å². The molecule has 88 valence electrons. The monoisotopic (exact) mass is 213 g/mol. The lowest BCUT2D eigenvalue weighted by atomic mass is 9.78. The Balaban J connectivity index is 2.32. The maximum atomic E-state index is 10.4. The van der Waals surface area contributed by atoms with E-state index in [-0.39, 0.29) is 6.42 Å². The van der Waals surface area contributed by atoms with Crippen molar-refractivity contribution in [1.29, 1.82) is 0 Å². The molecular formula is C12H23NO2. The van der Waals surface area contributed by atoms with Crippen molar-refractivity contribution in [2.24, 2.45) is 11.8 Å². The summed E-state index contributed by atoms with van der Waals surface area (Å²) in [7, 11) is 0. The molecule has 0 aromatic heterocycles. The number of hydrogen-bond acceptors (Lipinski definition) is 2. The number of carboxylic acid groups (broad SMARTS) is 1. The molecule has 3 heteroatoms. The number of carbonyl (C=O) groups is 1. The molecule has 0 heterocycles. The molecule has 1 aliphatic carbocycles. The van der Waals surface area contributed by atoms with Gasteiger partial charge < -0.3 is 10.4 Å². The minimum absolute atomic E-state index is 0.237. The molecule has 2 atom stereocenters. The van der Waals surface area contributed by atoms with Crippen LogP contribution in [-0.2, 0) is 4.79 Å². The van der Waals surface area contributed by atoms with Gasteiger partial charge in [-0.1, -0.05) is 26.7 Å². The third kappa shape index (κ3) is 4.20. The van der Waals surface area contributed by atoms with Gasteiger partial charge in [0.15, 0.2) is 0 Å². The third-order valence-electron chi connectivity index (χ3n) is 3.42. The molecule has 2 N–H and O–H groups in total. The van der Waals surface area contributed by atoms with E-state index in [2.05, 4.69) is 19.2 Å². The zero-order chi connectivity index (χ0) is 11.3. The summed E-state index contributed by atoms with van der Waals surface area (Å²) in [4.78, 5) is 10.4. The van der Waals surface area contributed by atoms with Crippen molar-refractivity contribution in [2.75, 3.05) is 6.54 Å². The first-order valence-corrected chi connectivity index (χ1v) is 6.06. The van der Waals surface area contributed by atoms with Gasteiger partial charge in [-0.25, -0.2) is 0 Å². The van der Waals surface area contributed by atoms with Crippen molar-refractivity contribution in [3.05, 3.63) is 0 Å². The SMILES string of the molecule is CC(C)C1CCCCC1NCCC(=O)O. The Kier molecular flexibility index (Phi) is 5.09. The van der Waals surface area contributed by atoms with Gasteiger partial charge in [0.05, 0.1) is 6.42 Å². The van der Waals surface area contributed by atoms with E-state index in [0.717, 1.165) is 5.92 Å². The number of carboxylic acids is 1. The van der Waals surface area contributed by atoms with Crippen molar-refractivity contribution >= 4 is 5.97 Å². The number of hydrogen-bond donors (Lipinski definition) is 2. The van der Waals surface area contributed by atoms with Gasteiger partial charge in [0.2, 0.25) is 0 Å². The summed E-state index contributed by atoms with van der Waals surface area (Å²) in [5.74, 6) is 0.722. The summed E-state index contributed by atoms with van der Waals surface area (Å²) in [5.41, 5.74) is 0. The van der Waals surface area contributed by atoms with Crippen LogP contribution in [0.15, 0.2) is 0 Å². The molecule has 0 radical (unpaired) electrons. The normalized spacial score (nSPS) is 26.9. The first kappa shape index (κ1) is 12.5. The summed E-state index contributed by atoms with van der Waals surface area (Å²) >= 11 is 0. The van der Waals surface area contributed by atoms with E-state index < -0.39 is 5.97 Å². The molecule has 1 aliphatic rings. The van der Waals surface area contributed by atoms with Crippen molar-refractivity contribution in [2.45, 2.75) is 52.0 Å². The molecule has 0 saturated heterocycles. The Morgan fingerprint density at radius 1 is 1.40 bits per heavy atom. The zero-order valence-electron chi connectivity index (χ0n) is 9.83. The highest BCUT2D eigenvalue weighted by Gasteiger charge is 2.26. The average Bonchev–Trinajstić information content (AvgIpc) is 2.17. The van der Waals surface area contributed by atoms with E-state index in [4.69, 9.17) is 5.11 Å². The van der Waals surface area contributed by atoms with Crippen LogP contribution in [0.2, 0.25) is 0 Å². The molecule has 15 heavy (non-hydrogen) atoms. The van der Waals surface area contributed by atoms with E-state index in [1.165, 1.54) is 25.7 Å². The van der Waals surface area contributed by atoms with Gasteiger partial charge in [-0.05, 0) is 24.7 Å². The van der Waals surface area contributed by atoms with Crippen LogP contribution in [0.5, 0.6) is 0 Å². The van der Waals surface area contributed by atoms with Gasteiger partial charge in [-0.3, -0.25) is 4.79 Å². The average molecular weight is 213 g/mol. The lowest BCUT2D eigenvalue weighted by molar-refractivity contribution is -0.136. The van der Waals surface area contributed by atoms with Crippen LogP contribution in [-0.4, -0.2) is 23.7 Å². The second-order valence-corrected chi connectivity index (χ2v) is 4.90. The van der Waals surface area contributed by atoms with E-state index in [1.807, 2.05) is 0 Å². The zero-order valence-corrected chi connectivity index (χ0v) is 9.83. The van der Waals surface area contributed by atoms with Gasteiger partial charge in [-0.15, -0.1) is 0 Å². The van der Waals surface area contributed by atoms with Crippen molar-refractivity contribution in [3.63, 3.8) is 0 Å². The minimum atomic E-state index is -0.709. The van der Waals surface area contributed by atoms with Gasteiger partial charge >= 0.3 is 5.97 Å². The van der Waals surface area contributed by atoms with E-state index in [9.17, 15) is 4.79 Å². The predicted molar refractivity (Wildman–Crippen MR) is 60.8 cm³/mol. The van der Waals surface area contributed by atoms with Gasteiger partial charge in [0, 0.05) is 12.6 Å². The summed E-state index contributed by atoms with van der Waals surface area (Å²) < 4.78 is 0. The number of rotatable bonds is 5. The van der Waals surface area contributed by atoms with Gasteiger partial charge in [-0.2, -0.15) is 0 Å². The molecule has 0 aliphatic heterocycles. The maximum Gasteiger partial charge on any atom is 0.304 e. The summed E-state index contributed by atoms with van der Waals surface area (Å²) in [6.07, 6.45) is 5.36. The van der Waals surface area contributed by atoms with Gasteiger partial charge in [0.25, 0.3) is 0 Å². The summed E-state index contributed by atoms with van der Waals surface area (Å²) in [6, 6.07) is 0.540. The van der Waals surface area contributed by atoms with Crippen LogP contribution in [0.4, 0.5) is 0 Å². The Morgan fingerprint density at radius 3 is 2.67 bits per heavy atom.